The van der Waals surface area contributed by atoms with Gasteiger partial charge in [-0.15, -0.1) is 0 Å². The molecule has 1 rings (SSSR count). The molecule has 3 amide bonds. The van der Waals surface area contributed by atoms with Crippen LogP contribution in [0, 0.1) is 0 Å². The summed E-state index contributed by atoms with van der Waals surface area (Å²) in [6, 6.07) is 8.00. The minimum Gasteiger partial charge on any atom is -0.467 e. The third-order valence-electron chi connectivity index (χ3n) is 4.18. The van der Waals surface area contributed by atoms with E-state index in [0.717, 1.165) is 11.3 Å². The molecular formula is C20H29N3O5S. The number of hydrogen-bond donors (Lipinski definition) is 3. The molecular weight excluding hydrogens is 394 g/mol. The molecule has 3 N–H and O–H groups in total. The average molecular weight is 424 g/mol. The average Bonchev–Trinajstić information content (AvgIpc) is 2.73. The Balaban J connectivity index is 2.42. The normalized spacial score (nSPS) is 12.3. The summed E-state index contributed by atoms with van der Waals surface area (Å²) in [7, 11) is 1.28. The molecule has 160 valence electrons. The van der Waals surface area contributed by atoms with Crippen LogP contribution in [0.15, 0.2) is 30.3 Å². The van der Waals surface area contributed by atoms with E-state index in [2.05, 4.69) is 16.0 Å². The monoisotopic (exact) mass is 423 g/mol. The van der Waals surface area contributed by atoms with Crippen LogP contribution in [0.25, 0.3) is 0 Å². The lowest BCUT2D eigenvalue weighted by atomic mass is 10.1. The van der Waals surface area contributed by atoms with E-state index in [1.54, 1.807) is 11.8 Å². The van der Waals surface area contributed by atoms with Gasteiger partial charge in [-0.3, -0.25) is 14.4 Å². The summed E-state index contributed by atoms with van der Waals surface area (Å²) in [6.07, 6.45) is 3.87. The van der Waals surface area contributed by atoms with Crippen molar-refractivity contribution in [3.05, 3.63) is 35.9 Å². The quantitative estimate of drug-likeness (QED) is 0.230. The SMILES string of the molecule is COC(=O)[C@H](Cc1ccccc1)NC(=O)CCCNC(=O)[C@H](CCSC)NC=O. The van der Waals surface area contributed by atoms with Gasteiger partial charge in [0.25, 0.3) is 0 Å². The van der Waals surface area contributed by atoms with Crippen LogP contribution in [0.3, 0.4) is 0 Å². The Bertz CT molecular complexity index is 657. The number of carbonyl (C=O) groups is 4. The van der Waals surface area contributed by atoms with Crippen LogP contribution in [0.2, 0.25) is 0 Å². The summed E-state index contributed by atoms with van der Waals surface area (Å²) in [5.74, 6) is -0.330. The van der Waals surface area contributed by atoms with E-state index in [4.69, 9.17) is 4.74 Å². The van der Waals surface area contributed by atoms with Crippen molar-refractivity contribution in [3.63, 3.8) is 0 Å². The third kappa shape index (κ3) is 9.98. The molecule has 9 heteroatoms. The number of thioether (sulfide) groups is 1. The highest BCUT2D eigenvalue weighted by Crippen LogP contribution is 2.05. The number of esters is 1. The van der Waals surface area contributed by atoms with Gasteiger partial charge in [0.1, 0.15) is 12.1 Å². The fraction of sp³-hybridized carbons (Fsp3) is 0.500. The molecule has 0 radical (unpaired) electrons. The predicted molar refractivity (Wildman–Crippen MR) is 112 cm³/mol. The van der Waals surface area contributed by atoms with Gasteiger partial charge in [0.15, 0.2) is 0 Å². The smallest absolute Gasteiger partial charge is 0.328 e. The standard InChI is InChI=1S/C20H29N3O5S/c1-28-20(27)17(13-15-7-4-3-5-8-15)23-18(25)9-6-11-21-19(26)16(22-14-24)10-12-29-2/h3-5,7-8,14,16-17H,6,9-13H2,1-2H3,(H,21,26)(H,22,24)(H,23,25)/t16-,17-/m0/s1. The molecule has 0 aromatic heterocycles. The van der Waals surface area contributed by atoms with Crippen molar-refractivity contribution in [2.45, 2.75) is 37.8 Å². The summed E-state index contributed by atoms with van der Waals surface area (Å²) >= 11 is 1.59. The highest BCUT2D eigenvalue weighted by Gasteiger charge is 2.22. The fourth-order valence-corrected chi connectivity index (χ4v) is 3.11. The molecule has 0 aliphatic carbocycles. The van der Waals surface area contributed by atoms with Crippen LogP contribution in [-0.2, 0) is 30.3 Å². The number of rotatable bonds is 14. The van der Waals surface area contributed by atoms with Crippen molar-refractivity contribution in [1.82, 2.24) is 16.0 Å². The van der Waals surface area contributed by atoms with Crippen molar-refractivity contribution in [1.29, 1.82) is 0 Å². The van der Waals surface area contributed by atoms with Gasteiger partial charge >= 0.3 is 5.97 Å². The summed E-state index contributed by atoms with van der Waals surface area (Å²) in [5, 5.41) is 7.90. The Kier molecular flexibility index (Phi) is 12.2. The molecule has 1 aromatic carbocycles. The van der Waals surface area contributed by atoms with Crippen LogP contribution in [-0.4, -0.2) is 61.9 Å². The van der Waals surface area contributed by atoms with E-state index in [1.165, 1.54) is 7.11 Å². The van der Waals surface area contributed by atoms with Gasteiger partial charge in [0.2, 0.25) is 18.2 Å². The van der Waals surface area contributed by atoms with Gasteiger partial charge < -0.3 is 20.7 Å². The van der Waals surface area contributed by atoms with E-state index in [0.29, 0.717) is 32.2 Å². The number of ether oxygens (including phenoxy) is 1. The molecule has 0 heterocycles. The number of carbonyl (C=O) groups excluding carboxylic acids is 4. The van der Waals surface area contributed by atoms with Crippen LogP contribution in [0.1, 0.15) is 24.8 Å². The van der Waals surface area contributed by atoms with Crippen molar-refractivity contribution < 1.29 is 23.9 Å². The second kappa shape index (κ2) is 14.4. The topological polar surface area (TPSA) is 114 Å². The van der Waals surface area contributed by atoms with Crippen molar-refractivity contribution in [2.24, 2.45) is 0 Å². The molecule has 0 bridgehead atoms. The molecule has 0 spiro atoms. The Morgan fingerprint density at radius 2 is 1.90 bits per heavy atom. The van der Waals surface area contributed by atoms with E-state index in [9.17, 15) is 19.2 Å². The van der Waals surface area contributed by atoms with Crippen LogP contribution >= 0.6 is 11.8 Å². The summed E-state index contributed by atoms with van der Waals surface area (Å²) in [5.41, 5.74) is 0.912. The van der Waals surface area contributed by atoms with Gasteiger partial charge in [-0.05, 0) is 30.4 Å². The maximum Gasteiger partial charge on any atom is 0.328 e. The Morgan fingerprint density at radius 1 is 1.17 bits per heavy atom. The third-order valence-corrected chi connectivity index (χ3v) is 4.82. The lowest BCUT2D eigenvalue weighted by Gasteiger charge is -2.17. The molecule has 8 nitrogen and oxygen atoms in total. The molecule has 0 saturated carbocycles. The number of benzene rings is 1. The predicted octanol–water partition coefficient (Wildman–Crippen LogP) is 0.651. The van der Waals surface area contributed by atoms with Gasteiger partial charge in [-0.2, -0.15) is 11.8 Å². The fourth-order valence-electron chi connectivity index (χ4n) is 2.64. The Morgan fingerprint density at radius 3 is 2.52 bits per heavy atom. The van der Waals surface area contributed by atoms with Gasteiger partial charge in [0.05, 0.1) is 7.11 Å². The van der Waals surface area contributed by atoms with E-state index < -0.39 is 18.1 Å². The van der Waals surface area contributed by atoms with E-state index in [1.807, 2.05) is 36.6 Å². The highest BCUT2D eigenvalue weighted by molar-refractivity contribution is 7.98. The van der Waals surface area contributed by atoms with Crippen LogP contribution in [0.5, 0.6) is 0 Å². The first-order valence-electron chi connectivity index (χ1n) is 9.39. The highest BCUT2D eigenvalue weighted by atomic mass is 32.2. The zero-order valence-electron chi connectivity index (χ0n) is 16.8. The number of hydrogen-bond acceptors (Lipinski definition) is 6. The maximum atomic E-state index is 12.2. The first kappa shape index (κ1) is 24.5. The Hall–Kier alpha value is -2.55. The molecule has 0 unspecified atom stereocenters. The number of methoxy groups -OCH3 is 1. The number of amides is 3. The summed E-state index contributed by atoms with van der Waals surface area (Å²) in [4.78, 5) is 46.9. The summed E-state index contributed by atoms with van der Waals surface area (Å²) < 4.78 is 4.78. The second-order valence-electron chi connectivity index (χ2n) is 6.35. The molecule has 0 saturated heterocycles. The lowest BCUT2D eigenvalue weighted by molar-refractivity contribution is -0.145. The first-order chi connectivity index (χ1) is 14.0. The van der Waals surface area contributed by atoms with Crippen LogP contribution < -0.4 is 16.0 Å². The summed E-state index contributed by atoms with van der Waals surface area (Å²) in [6.45, 7) is 0.296. The van der Waals surface area contributed by atoms with E-state index in [-0.39, 0.29) is 18.2 Å². The molecule has 0 fully saturated rings. The minimum atomic E-state index is -0.766. The minimum absolute atomic E-state index is 0.152. The van der Waals surface area contributed by atoms with E-state index >= 15 is 0 Å². The molecule has 1 aromatic rings. The van der Waals surface area contributed by atoms with Crippen molar-refractivity contribution in [3.8, 4) is 0 Å². The largest absolute Gasteiger partial charge is 0.467 e. The molecule has 2 atom stereocenters. The number of nitrogens with one attached hydrogen (secondary N) is 3. The molecule has 0 aliphatic heterocycles. The lowest BCUT2D eigenvalue weighted by Crippen LogP contribution is -2.45. The van der Waals surface area contributed by atoms with Gasteiger partial charge in [-0.1, -0.05) is 30.3 Å². The Labute approximate surface area is 175 Å². The second-order valence-corrected chi connectivity index (χ2v) is 7.33. The zero-order chi connectivity index (χ0) is 21.5. The zero-order valence-corrected chi connectivity index (χ0v) is 17.6. The van der Waals surface area contributed by atoms with Crippen LogP contribution in [0.4, 0.5) is 0 Å². The van der Waals surface area contributed by atoms with Crippen molar-refractivity contribution >= 4 is 36.0 Å². The first-order valence-corrected chi connectivity index (χ1v) is 10.8. The maximum absolute atomic E-state index is 12.2. The van der Waals surface area contributed by atoms with Gasteiger partial charge in [0, 0.05) is 19.4 Å². The molecule has 0 aliphatic rings. The van der Waals surface area contributed by atoms with Gasteiger partial charge in [-0.25, -0.2) is 4.79 Å². The van der Waals surface area contributed by atoms with Crippen molar-refractivity contribution in [2.75, 3.05) is 25.7 Å². The molecule has 29 heavy (non-hydrogen) atoms.